The van der Waals surface area contributed by atoms with E-state index in [9.17, 15) is 4.39 Å². The number of rotatable bonds is 3. The van der Waals surface area contributed by atoms with Gasteiger partial charge in [0, 0.05) is 6.04 Å². The van der Waals surface area contributed by atoms with Crippen molar-refractivity contribution in [3.63, 3.8) is 0 Å². The summed E-state index contributed by atoms with van der Waals surface area (Å²) >= 11 is 3.17. The van der Waals surface area contributed by atoms with E-state index in [1.165, 1.54) is 11.6 Å². The second-order valence-corrected chi connectivity index (χ2v) is 4.82. The number of nitrogens with two attached hydrogens (primary N) is 1. The van der Waals surface area contributed by atoms with Crippen LogP contribution in [0.1, 0.15) is 17.2 Å². The van der Waals surface area contributed by atoms with Crippen molar-refractivity contribution in [2.24, 2.45) is 5.73 Å². The average Bonchev–Trinajstić information content (AvgIpc) is 2.34. The largest absolute Gasteiger partial charge is 0.324 e. The van der Waals surface area contributed by atoms with Crippen LogP contribution in [0.4, 0.5) is 4.39 Å². The van der Waals surface area contributed by atoms with Crippen LogP contribution in [0, 0.1) is 5.82 Å². The van der Waals surface area contributed by atoms with Gasteiger partial charge >= 0.3 is 0 Å². The summed E-state index contributed by atoms with van der Waals surface area (Å²) in [5, 5.41) is 0. The molecule has 2 aromatic rings. The van der Waals surface area contributed by atoms with Gasteiger partial charge in [-0.15, -0.1) is 0 Å². The second kappa shape index (κ2) is 5.43. The monoisotopic (exact) mass is 293 g/mol. The van der Waals surface area contributed by atoms with Gasteiger partial charge in [0.2, 0.25) is 0 Å². The summed E-state index contributed by atoms with van der Waals surface area (Å²) < 4.78 is 13.6. The van der Waals surface area contributed by atoms with E-state index in [0.717, 1.165) is 12.0 Å². The van der Waals surface area contributed by atoms with E-state index in [1.807, 2.05) is 30.3 Å². The topological polar surface area (TPSA) is 26.0 Å². The zero-order valence-electron chi connectivity index (χ0n) is 9.24. The molecule has 0 saturated carbocycles. The molecule has 2 aromatic carbocycles. The fourth-order valence-electron chi connectivity index (χ4n) is 1.73. The van der Waals surface area contributed by atoms with E-state index < -0.39 is 0 Å². The molecule has 1 unspecified atom stereocenters. The molecule has 0 heterocycles. The van der Waals surface area contributed by atoms with E-state index in [-0.39, 0.29) is 11.9 Å². The van der Waals surface area contributed by atoms with Crippen LogP contribution in [0.3, 0.4) is 0 Å². The van der Waals surface area contributed by atoms with Gasteiger partial charge < -0.3 is 5.73 Å². The number of halogens is 2. The van der Waals surface area contributed by atoms with E-state index in [2.05, 4.69) is 15.9 Å². The van der Waals surface area contributed by atoms with E-state index in [4.69, 9.17) is 5.73 Å². The summed E-state index contributed by atoms with van der Waals surface area (Å²) in [5.74, 6) is -0.263. The third-order valence-corrected chi connectivity index (χ3v) is 3.28. The maximum Gasteiger partial charge on any atom is 0.137 e. The Morgan fingerprint density at radius 2 is 1.82 bits per heavy atom. The first-order valence-electron chi connectivity index (χ1n) is 5.41. The predicted octanol–water partition coefficient (Wildman–Crippen LogP) is 3.83. The smallest absolute Gasteiger partial charge is 0.137 e. The van der Waals surface area contributed by atoms with Crippen molar-refractivity contribution >= 4 is 15.9 Å². The first-order valence-corrected chi connectivity index (χ1v) is 6.20. The molecule has 88 valence electrons. The van der Waals surface area contributed by atoms with Gasteiger partial charge in [0.15, 0.2) is 0 Å². The molecule has 0 radical (unpaired) electrons. The molecule has 0 spiro atoms. The third-order valence-electron chi connectivity index (χ3n) is 2.67. The summed E-state index contributed by atoms with van der Waals surface area (Å²) in [7, 11) is 0. The van der Waals surface area contributed by atoms with Gasteiger partial charge in [-0.1, -0.05) is 36.4 Å². The predicted molar refractivity (Wildman–Crippen MR) is 71.2 cm³/mol. The van der Waals surface area contributed by atoms with Crippen LogP contribution in [0.25, 0.3) is 0 Å². The molecule has 0 aliphatic rings. The highest BCUT2D eigenvalue weighted by Gasteiger charge is 2.09. The number of hydrogen-bond acceptors (Lipinski definition) is 1. The van der Waals surface area contributed by atoms with Crippen LogP contribution in [0.5, 0.6) is 0 Å². The van der Waals surface area contributed by atoms with Gasteiger partial charge in [0.1, 0.15) is 5.82 Å². The average molecular weight is 294 g/mol. The van der Waals surface area contributed by atoms with Crippen LogP contribution in [0.15, 0.2) is 53.0 Å². The fourth-order valence-corrected chi connectivity index (χ4v) is 2.13. The van der Waals surface area contributed by atoms with Crippen LogP contribution in [-0.4, -0.2) is 0 Å². The summed E-state index contributed by atoms with van der Waals surface area (Å²) in [6, 6.07) is 14.8. The zero-order valence-corrected chi connectivity index (χ0v) is 10.8. The minimum absolute atomic E-state index is 0.116. The summed E-state index contributed by atoms with van der Waals surface area (Å²) in [5.41, 5.74) is 8.22. The SMILES string of the molecule is NC(Cc1ccccc1)c1ccc(F)c(Br)c1. The Labute approximate surface area is 109 Å². The van der Waals surface area contributed by atoms with Gasteiger partial charge in [-0.3, -0.25) is 0 Å². The molecule has 2 N–H and O–H groups in total. The fraction of sp³-hybridized carbons (Fsp3) is 0.143. The molecule has 0 aliphatic carbocycles. The van der Waals surface area contributed by atoms with Crippen molar-refractivity contribution in [3.05, 3.63) is 69.9 Å². The molecule has 0 saturated heterocycles. The Morgan fingerprint density at radius 3 is 2.47 bits per heavy atom. The Kier molecular flexibility index (Phi) is 3.92. The second-order valence-electron chi connectivity index (χ2n) is 3.97. The third kappa shape index (κ3) is 3.14. The minimum Gasteiger partial charge on any atom is -0.324 e. The molecule has 0 fully saturated rings. The zero-order chi connectivity index (χ0) is 12.3. The Balaban J connectivity index is 2.14. The molecule has 0 amide bonds. The molecule has 1 nitrogen and oxygen atoms in total. The molecular weight excluding hydrogens is 281 g/mol. The molecule has 0 bridgehead atoms. The Bertz CT molecular complexity index is 499. The van der Waals surface area contributed by atoms with Crippen LogP contribution >= 0.6 is 15.9 Å². The van der Waals surface area contributed by atoms with Gasteiger partial charge in [0.05, 0.1) is 4.47 Å². The highest BCUT2D eigenvalue weighted by molar-refractivity contribution is 9.10. The molecule has 17 heavy (non-hydrogen) atoms. The van der Waals surface area contributed by atoms with Gasteiger partial charge in [0.25, 0.3) is 0 Å². The number of hydrogen-bond donors (Lipinski definition) is 1. The molecule has 1 atom stereocenters. The standard InChI is InChI=1S/C14H13BrFN/c15-12-9-11(6-7-13(12)16)14(17)8-10-4-2-1-3-5-10/h1-7,9,14H,8,17H2. The van der Waals surface area contributed by atoms with Crippen LogP contribution < -0.4 is 5.73 Å². The van der Waals surface area contributed by atoms with Gasteiger partial charge in [-0.25, -0.2) is 4.39 Å². The molecule has 3 heteroatoms. The maximum atomic E-state index is 13.1. The normalized spacial score (nSPS) is 12.4. The molecule has 0 aliphatic heterocycles. The van der Waals surface area contributed by atoms with Crippen molar-refractivity contribution in [3.8, 4) is 0 Å². The lowest BCUT2D eigenvalue weighted by Gasteiger charge is -2.12. The van der Waals surface area contributed by atoms with Crippen LogP contribution in [-0.2, 0) is 6.42 Å². The summed E-state index contributed by atoms with van der Waals surface area (Å²) in [4.78, 5) is 0. The lowest BCUT2D eigenvalue weighted by molar-refractivity contribution is 0.617. The first-order chi connectivity index (χ1) is 8.16. The quantitative estimate of drug-likeness (QED) is 0.914. The van der Waals surface area contributed by atoms with Crippen molar-refractivity contribution in [2.45, 2.75) is 12.5 Å². The minimum atomic E-state index is -0.263. The maximum absolute atomic E-state index is 13.1. The summed E-state index contributed by atoms with van der Waals surface area (Å²) in [6.07, 6.45) is 0.749. The van der Waals surface area contributed by atoms with Crippen molar-refractivity contribution in [1.82, 2.24) is 0 Å². The van der Waals surface area contributed by atoms with Gasteiger partial charge in [-0.2, -0.15) is 0 Å². The van der Waals surface area contributed by atoms with Crippen molar-refractivity contribution < 1.29 is 4.39 Å². The first kappa shape index (κ1) is 12.3. The lowest BCUT2D eigenvalue weighted by Crippen LogP contribution is -2.13. The molecular formula is C14H13BrFN. The van der Waals surface area contributed by atoms with Gasteiger partial charge in [-0.05, 0) is 45.6 Å². The van der Waals surface area contributed by atoms with E-state index >= 15 is 0 Å². The summed E-state index contributed by atoms with van der Waals surface area (Å²) in [6.45, 7) is 0. The lowest BCUT2D eigenvalue weighted by atomic mass is 10.00. The number of benzene rings is 2. The van der Waals surface area contributed by atoms with Crippen LogP contribution in [0.2, 0.25) is 0 Å². The van der Waals surface area contributed by atoms with E-state index in [0.29, 0.717) is 4.47 Å². The van der Waals surface area contributed by atoms with Crippen molar-refractivity contribution in [1.29, 1.82) is 0 Å². The molecule has 2 rings (SSSR count). The Hall–Kier alpha value is -1.19. The van der Waals surface area contributed by atoms with Crippen molar-refractivity contribution in [2.75, 3.05) is 0 Å². The Morgan fingerprint density at radius 1 is 1.12 bits per heavy atom. The van der Waals surface area contributed by atoms with E-state index in [1.54, 1.807) is 12.1 Å². The highest BCUT2D eigenvalue weighted by atomic mass is 79.9. The molecule has 0 aromatic heterocycles. The highest BCUT2D eigenvalue weighted by Crippen LogP contribution is 2.22.